The van der Waals surface area contributed by atoms with Gasteiger partial charge in [0.05, 0.1) is 13.8 Å². The van der Waals surface area contributed by atoms with Crippen molar-refractivity contribution in [3.05, 3.63) is 47.0 Å². The zero-order valence-corrected chi connectivity index (χ0v) is 13.0. The monoisotopic (exact) mass is 320 g/mol. The molecule has 0 bridgehead atoms. The van der Waals surface area contributed by atoms with Gasteiger partial charge < -0.3 is 4.74 Å². The molecule has 1 atom stereocenters. The Hall–Kier alpha value is -1.92. The Morgan fingerprint density at radius 3 is 3.05 bits per heavy atom. The first-order chi connectivity index (χ1) is 10.7. The second-order valence-corrected chi connectivity index (χ2v) is 5.64. The van der Waals surface area contributed by atoms with Crippen molar-refractivity contribution in [3.63, 3.8) is 0 Å². The van der Waals surface area contributed by atoms with Crippen molar-refractivity contribution >= 4 is 17.6 Å². The van der Waals surface area contributed by atoms with E-state index in [9.17, 15) is 4.79 Å². The first kappa shape index (κ1) is 15.0. The molecule has 1 aliphatic rings. The van der Waals surface area contributed by atoms with Crippen LogP contribution in [0.2, 0.25) is 5.02 Å². The van der Waals surface area contributed by atoms with Gasteiger partial charge in [-0.15, -0.1) is 5.10 Å². The van der Waals surface area contributed by atoms with Crippen LogP contribution in [0.25, 0.3) is 0 Å². The van der Waals surface area contributed by atoms with Gasteiger partial charge in [0.15, 0.2) is 0 Å². The van der Waals surface area contributed by atoms with Gasteiger partial charge in [0, 0.05) is 17.6 Å². The van der Waals surface area contributed by atoms with Gasteiger partial charge in [0.1, 0.15) is 6.33 Å². The Labute approximate surface area is 133 Å². The summed E-state index contributed by atoms with van der Waals surface area (Å²) in [5, 5.41) is 4.94. The molecule has 6 nitrogen and oxygen atoms in total. The molecule has 1 fully saturated rings. The Balaban J connectivity index is 1.75. The molecule has 2 aromatic rings. The minimum Gasteiger partial charge on any atom is -0.463 e. The maximum atomic E-state index is 11.4. The van der Waals surface area contributed by atoms with Crippen molar-refractivity contribution in [2.75, 3.05) is 13.7 Å². The third-order valence-corrected chi connectivity index (χ3v) is 4.20. The first-order valence-electron chi connectivity index (χ1n) is 7.15. The average molecular weight is 321 g/mol. The van der Waals surface area contributed by atoms with Crippen LogP contribution in [0.5, 0.6) is 0 Å². The smallest absolute Gasteiger partial charge is 0.377 e. The summed E-state index contributed by atoms with van der Waals surface area (Å²) in [5.41, 5.74) is 1.13. The molecule has 116 valence electrons. The number of hydrogen-bond donors (Lipinski definition) is 0. The maximum Gasteiger partial charge on any atom is 0.377 e. The number of rotatable bonds is 4. The number of halogens is 1. The molecule has 0 amide bonds. The Morgan fingerprint density at radius 2 is 2.27 bits per heavy atom. The van der Waals surface area contributed by atoms with Gasteiger partial charge >= 0.3 is 5.97 Å². The summed E-state index contributed by atoms with van der Waals surface area (Å²) in [6.45, 7) is 1.53. The van der Waals surface area contributed by atoms with Crippen molar-refractivity contribution in [1.82, 2.24) is 19.7 Å². The molecule has 0 unspecified atom stereocenters. The molecule has 0 radical (unpaired) electrons. The molecule has 0 aliphatic carbocycles. The van der Waals surface area contributed by atoms with Crippen molar-refractivity contribution < 1.29 is 9.53 Å². The van der Waals surface area contributed by atoms with Crippen LogP contribution in [0.3, 0.4) is 0 Å². The SMILES string of the molecule is COC(=O)c1ncn(CN2CCC[C@H]2c2ccccc2Cl)n1. The van der Waals surface area contributed by atoms with E-state index in [0.29, 0.717) is 6.67 Å². The van der Waals surface area contributed by atoms with Gasteiger partial charge in [-0.05, 0) is 24.5 Å². The third-order valence-electron chi connectivity index (χ3n) is 3.86. The zero-order chi connectivity index (χ0) is 15.5. The highest BCUT2D eigenvalue weighted by Gasteiger charge is 2.28. The number of esters is 1. The molecule has 1 aromatic heterocycles. The lowest BCUT2D eigenvalue weighted by atomic mass is 10.0. The molecule has 22 heavy (non-hydrogen) atoms. The van der Waals surface area contributed by atoms with Crippen LogP contribution in [0, 0.1) is 0 Å². The molecule has 3 rings (SSSR count). The number of likely N-dealkylation sites (tertiary alicyclic amines) is 1. The Bertz CT molecular complexity index is 673. The predicted octanol–water partition coefficient (Wildman–Crippen LogP) is 2.51. The average Bonchev–Trinajstić information content (AvgIpc) is 3.17. The van der Waals surface area contributed by atoms with E-state index in [1.165, 1.54) is 7.11 Å². The number of aromatic nitrogens is 3. The number of hydrogen-bond acceptors (Lipinski definition) is 5. The number of benzene rings is 1. The van der Waals surface area contributed by atoms with E-state index in [-0.39, 0.29) is 11.9 Å². The van der Waals surface area contributed by atoms with E-state index in [1.807, 2.05) is 18.2 Å². The molecule has 0 spiro atoms. The van der Waals surface area contributed by atoms with E-state index in [2.05, 4.69) is 25.8 Å². The molecule has 2 heterocycles. The third kappa shape index (κ3) is 2.98. The maximum absolute atomic E-state index is 11.4. The standard InChI is InChI=1S/C15H17ClN4O2/c1-22-15(21)14-17-9-20(18-14)10-19-8-4-7-13(19)11-5-2-3-6-12(11)16/h2-3,5-6,9,13H,4,7-8,10H2,1H3/t13-/m0/s1. The van der Waals surface area contributed by atoms with Crippen LogP contribution in [-0.2, 0) is 11.4 Å². The van der Waals surface area contributed by atoms with Gasteiger partial charge in [-0.3, -0.25) is 4.90 Å². The highest BCUT2D eigenvalue weighted by Crippen LogP contribution is 2.35. The highest BCUT2D eigenvalue weighted by atomic mass is 35.5. The van der Waals surface area contributed by atoms with Gasteiger partial charge in [-0.1, -0.05) is 29.8 Å². The van der Waals surface area contributed by atoms with Crippen molar-refractivity contribution in [3.8, 4) is 0 Å². The summed E-state index contributed by atoms with van der Waals surface area (Å²) in [7, 11) is 1.32. The fourth-order valence-electron chi connectivity index (χ4n) is 2.83. The summed E-state index contributed by atoms with van der Waals surface area (Å²) >= 11 is 6.31. The fraction of sp³-hybridized carbons (Fsp3) is 0.400. The molecule has 1 saturated heterocycles. The van der Waals surface area contributed by atoms with Crippen molar-refractivity contribution in [2.45, 2.75) is 25.6 Å². The van der Waals surface area contributed by atoms with Crippen LogP contribution >= 0.6 is 11.6 Å². The van der Waals surface area contributed by atoms with Crippen LogP contribution in [0.15, 0.2) is 30.6 Å². The normalized spacial score (nSPS) is 18.5. The predicted molar refractivity (Wildman–Crippen MR) is 81.5 cm³/mol. The number of carbonyl (C=O) groups excluding carboxylic acids is 1. The summed E-state index contributed by atoms with van der Waals surface area (Å²) in [6.07, 6.45) is 3.71. The van der Waals surface area contributed by atoms with E-state index in [1.54, 1.807) is 11.0 Å². The lowest BCUT2D eigenvalue weighted by Gasteiger charge is -2.25. The molecule has 1 aliphatic heterocycles. The molecule has 0 saturated carbocycles. The molecule has 1 aromatic carbocycles. The van der Waals surface area contributed by atoms with Crippen molar-refractivity contribution in [1.29, 1.82) is 0 Å². The number of nitrogens with zero attached hydrogens (tertiary/aromatic N) is 4. The van der Waals surface area contributed by atoms with Crippen LogP contribution < -0.4 is 0 Å². The topological polar surface area (TPSA) is 60.2 Å². The lowest BCUT2D eigenvalue weighted by Crippen LogP contribution is -2.26. The lowest BCUT2D eigenvalue weighted by molar-refractivity contribution is 0.0585. The number of methoxy groups -OCH3 is 1. The van der Waals surface area contributed by atoms with Crippen molar-refractivity contribution in [2.24, 2.45) is 0 Å². The second kappa shape index (κ2) is 6.46. The summed E-state index contributed by atoms with van der Waals surface area (Å²) in [5.74, 6) is -0.446. The van der Waals surface area contributed by atoms with Gasteiger partial charge in [0.2, 0.25) is 0 Å². The van der Waals surface area contributed by atoms with Crippen LogP contribution in [-0.4, -0.2) is 39.3 Å². The number of ether oxygens (including phenoxy) is 1. The van der Waals surface area contributed by atoms with E-state index < -0.39 is 5.97 Å². The quantitative estimate of drug-likeness (QED) is 0.810. The Morgan fingerprint density at radius 1 is 1.45 bits per heavy atom. The summed E-state index contributed by atoms with van der Waals surface area (Å²) in [6, 6.07) is 8.18. The molecule has 0 N–H and O–H groups in total. The largest absolute Gasteiger partial charge is 0.463 e. The second-order valence-electron chi connectivity index (χ2n) is 5.23. The fourth-order valence-corrected chi connectivity index (χ4v) is 3.09. The van der Waals surface area contributed by atoms with Crippen LogP contribution in [0.4, 0.5) is 0 Å². The number of carbonyl (C=O) groups is 1. The summed E-state index contributed by atoms with van der Waals surface area (Å²) < 4.78 is 6.27. The van der Waals surface area contributed by atoms with E-state index >= 15 is 0 Å². The van der Waals surface area contributed by atoms with Gasteiger partial charge in [-0.2, -0.15) is 0 Å². The minimum absolute atomic E-state index is 0.0796. The highest BCUT2D eigenvalue weighted by molar-refractivity contribution is 6.31. The molecular formula is C15H17ClN4O2. The summed E-state index contributed by atoms with van der Waals surface area (Å²) in [4.78, 5) is 17.7. The minimum atomic E-state index is -0.525. The first-order valence-corrected chi connectivity index (χ1v) is 7.53. The van der Waals surface area contributed by atoms with E-state index in [0.717, 1.165) is 30.0 Å². The Kier molecular flexibility index (Phi) is 4.40. The van der Waals surface area contributed by atoms with Gasteiger partial charge in [0.25, 0.3) is 5.82 Å². The molecule has 7 heteroatoms. The zero-order valence-electron chi connectivity index (χ0n) is 12.3. The van der Waals surface area contributed by atoms with E-state index in [4.69, 9.17) is 11.6 Å². The van der Waals surface area contributed by atoms with Crippen LogP contribution in [0.1, 0.15) is 35.1 Å². The molecular weight excluding hydrogens is 304 g/mol. The van der Waals surface area contributed by atoms with Gasteiger partial charge in [-0.25, -0.2) is 14.5 Å².